The highest BCUT2D eigenvalue weighted by Gasteiger charge is 2.10. The van der Waals surface area contributed by atoms with Crippen LogP contribution in [0.4, 0.5) is 0 Å². The summed E-state index contributed by atoms with van der Waals surface area (Å²) < 4.78 is 0. The monoisotopic (exact) mass is 252 g/mol. The number of imidazole rings is 1. The number of nitrogens with two attached hydrogens (primary N) is 1. The summed E-state index contributed by atoms with van der Waals surface area (Å²) in [6, 6.07) is 0. The van der Waals surface area contributed by atoms with Crippen molar-refractivity contribution in [1.82, 2.24) is 15.3 Å². The van der Waals surface area contributed by atoms with E-state index < -0.39 is 0 Å². The molecule has 5 nitrogen and oxygen atoms in total. The Morgan fingerprint density at radius 2 is 2.33 bits per heavy atom. The van der Waals surface area contributed by atoms with Crippen LogP contribution < -0.4 is 11.1 Å². The quantitative estimate of drug-likeness (QED) is 0.623. The number of rotatable bonds is 9. The molecule has 0 saturated carbocycles. The standard InChI is InChI=1S/C13H24N4O/c1-2-3-11(6-7-14)4-5-13(18)17-10-12-15-8-9-16-12/h8-9,11H,2-7,10,14H2,1H3,(H,15,16)(H,17,18). The number of hydrogen-bond acceptors (Lipinski definition) is 3. The second kappa shape index (κ2) is 8.69. The first-order valence-corrected chi connectivity index (χ1v) is 6.71. The smallest absolute Gasteiger partial charge is 0.220 e. The van der Waals surface area contributed by atoms with Gasteiger partial charge in [0.15, 0.2) is 0 Å². The third-order valence-electron chi connectivity index (χ3n) is 3.06. The van der Waals surface area contributed by atoms with Crippen molar-refractivity contribution in [1.29, 1.82) is 0 Å². The number of nitrogens with zero attached hydrogens (tertiary/aromatic N) is 1. The lowest BCUT2D eigenvalue weighted by Gasteiger charge is -2.14. The molecular formula is C13H24N4O. The maximum Gasteiger partial charge on any atom is 0.220 e. The van der Waals surface area contributed by atoms with Crippen LogP contribution >= 0.6 is 0 Å². The zero-order chi connectivity index (χ0) is 13.2. The second-order valence-electron chi connectivity index (χ2n) is 4.58. The Morgan fingerprint density at radius 1 is 1.50 bits per heavy atom. The lowest BCUT2D eigenvalue weighted by molar-refractivity contribution is -0.121. The lowest BCUT2D eigenvalue weighted by Crippen LogP contribution is -2.24. The molecule has 0 aliphatic heterocycles. The molecule has 5 heteroatoms. The first-order valence-electron chi connectivity index (χ1n) is 6.71. The molecule has 0 fully saturated rings. The van der Waals surface area contributed by atoms with Gasteiger partial charge in [-0.3, -0.25) is 4.79 Å². The van der Waals surface area contributed by atoms with Crippen molar-refractivity contribution in [3.63, 3.8) is 0 Å². The number of aromatic nitrogens is 2. The lowest BCUT2D eigenvalue weighted by atomic mass is 9.94. The van der Waals surface area contributed by atoms with Gasteiger partial charge in [0.2, 0.25) is 5.91 Å². The van der Waals surface area contributed by atoms with Crippen LogP contribution in [-0.2, 0) is 11.3 Å². The summed E-state index contributed by atoms with van der Waals surface area (Å²) in [7, 11) is 0. The van der Waals surface area contributed by atoms with Crippen LogP contribution in [0, 0.1) is 5.92 Å². The van der Waals surface area contributed by atoms with Gasteiger partial charge in [-0.25, -0.2) is 4.98 Å². The molecule has 0 aromatic carbocycles. The van der Waals surface area contributed by atoms with Gasteiger partial charge in [0.1, 0.15) is 5.82 Å². The van der Waals surface area contributed by atoms with Gasteiger partial charge in [-0.15, -0.1) is 0 Å². The minimum atomic E-state index is 0.0875. The van der Waals surface area contributed by atoms with Crippen molar-refractivity contribution in [3.05, 3.63) is 18.2 Å². The van der Waals surface area contributed by atoms with Crippen LogP contribution in [0.3, 0.4) is 0 Å². The molecule has 18 heavy (non-hydrogen) atoms. The molecule has 1 unspecified atom stereocenters. The zero-order valence-electron chi connectivity index (χ0n) is 11.1. The first kappa shape index (κ1) is 14.7. The van der Waals surface area contributed by atoms with Crippen LogP contribution in [0.25, 0.3) is 0 Å². The van der Waals surface area contributed by atoms with Crippen LogP contribution in [0.2, 0.25) is 0 Å². The number of aromatic amines is 1. The number of carbonyl (C=O) groups excluding carboxylic acids is 1. The molecule has 1 heterocycles. The third kappa shape index (κ3) is 5.82. The van der Waals surface area contributed by atoms with Crippen LogP contribution in [-0.4, -0.2) is 22.4 Å². The van der Waals surface area contributed by atoms with Gasteiger partial charge in [0, 0.05) is 18.8 Å². The number of hydrogen-bond donors (Lipinski definition) is 3. The van der Waals surface area contributed by atoms with Gasteiger partial charge in [0.25, 0.3) is 0 Å². The second-order valence-corrected chi connectivity index (χ2v) is 4.58. The fourth-order valence-corrected chi connectivity index (χ4v) is 2.08. The predicted molar refractivity (Wildman–Crippen MR) is 71.7 cm³/mol. The van der Waals surface area contributed by atoms with E-state index >= 15 is 0 Å². The van der Waals surface area contributed by atoms with Crippen molar-refractivity contribution in [3.8, 4) is 0 Å². The summed E-state index contributed by atoms with van der Waals surface area (Å²) in [5, 5.41) is 2.86. The number of carbonyl (C=O) groups is 1. The van der Waals surface area contributed by atoms with Crippen molar-refractivity contribution in [2.24, 2.45) is 11.7 Å². The van der Waals surface area contributed by atoms with Crippen molar-refractivity contribution in [2.45, 2.75) is 45.6 Å². The average Bonchev–Trinajstić information content (AvgIpc) is 2.87. The van der Waals surface area contributed by atoms with E-state index in [0.29, 0.717) is 25.4 Å². The summed E-state index contributed by atoms with van der Waals surface area (Å²) >= 11 is 0. The molecular weight excluding hydrogens is 228 g/mol. The first-order chi connectivity index (χ1) is 8.76. The summed E-state index contributed by atoms with van der Waals surface area (Å²) in [6.45, 7) is 3.35. The highest BCUT2D eigenvalue weighted by molar-refractivity contribution is 5.75. The Balaban J connectivity index is 2.18. The van der Waals surface area contributed by atoms with E-state index in [9.17, 15) is 4.79 Å². The Hall–Kier alpha value is -1.36. The molecule has 1 atom stereocenters. The molecule has 1 aromatic heterocycles. The van der Waals surface area contributed by atoms with Crippen molar-refractivity contribution >= 4 is 5.91 Å². The Kier molecular flexibility index (Phi) is 7.10. The van der Waals surface area contributed by atoms with Gasteiger partial charge < -0.3 is 16.0 Å². The van der Waals surface area contributed by atoms with Crippen molar-refractivity contribution < 1.29 is 4.79 Å². The van der Waals surface area contributed by atoms with E-state index in [1.54, 1.807) is 12.4 Å². The van der Waals surface area contributed by atoms with E-state index in [1.807, 2.05) is 0 Å². The molecule has 0 saturated heterocycles. The highest BCUT2D eigenvalue weighted by atomic mass is 16.1. The summed E-state index contributed by atoms with van der Waals surface area (Å²) in [6.07, 6.45) is 8.25. The van der Waals surface area contributed by atoms with Gasteiger partial charge in [0.05, 0.1) is 6.54 Å². The van der Waals surface area contributed by atoms with Crippen LogP contribution in [0.5, 0.6) is 0 Å². The van der Waals surface area contributed by atoms with Crippen LogP contribution in [0.15, 0.2) is 12.4 Å². The summed E-state index contributed by atoms with van der Waals surface area (Å²) in [4.78, 5) is 18.7. The molecule has 0 spiro atoms. The van der Waals surface area contributed by atoms with Gasteiger partial charge in [-0.2, -0.15) is 0 Å². The zero-order valence-corrected chi connectivity index (χ0v) is 11.1. The molecule has 0 radical (unpaired) electrons. The maximum absolute atomic E-state index is 11.7. The molecule has 1 rings (SSSR count). The molecule has 102 valence electrons. The molecule has 1 aromatic rings. The SMILES string of the molecule is CCCC(CCN)CCC(=O)NCc1ncc[nH]1. The minimum absolute atomic E-state index is 0.0875. The molecule has 4 N–H and O–H groups in total. The van der Waals surface area contributed by atoms with Gasteiger partial charge >= 0.3 is 0 Å². The Labute approximate surface area is 109 Å². The fraction of sp³-hybridized carbons (Fsp3) is 0.692. The predicted octanol–water partition coefficient (Wildman–Crippen LogP) is 1.57. The number of amides is 1. The molecule has 0 bridgehead atoms. The Morgan fingerprint density at radius 3 is 2.94 bits per heavy atom. The third-order valence-corrected chi connectivity index (χ3v) is 3.06. The summed E-state index contributed by atoms with van der Waals surface area (Å²) in [5.41, 5.74) is 5.58. The van der Waals surface area contributed by atoms with E-state index in [2.05, 4.69) is 22.2 Å². The van der Waals surface area contributed by atoms with E-state index in [0.717, 1.165) is 31.5 Å². The maximum atomic E-state index is 11.7. The van der Waals surface area contributed by atoms with E-state index in [1.165, 1.54) is 0 Å². The molecule has 1 amide bonds. The van der Waals surface area contributed by atoms with Crippen LogP contribution in [0.1, 0.15) is 44.9 Å². The van der Waals surface area contributed by atoms with Gasteiger partial charge in [-0.05, 0) is 25.3 Å². The Bertz CT molecular complexity index is 318. The van der Waals surface area contributed by atoms with Crippen molar-refractivity contribution in [2.75, 3.05) is 6.54 Å². The number of nitrogens with one attached hydrogen (secondary N) is 2. The van der Waals surface area contributed by atoms with E-state index in [-0.39, 0.29) is 5.91 Å². The highest BCUT2D eigenvalue weighted by Crippen LogP contribution is 2.16. The number of H-pyrrole nitrogens is 1. The van der Waals surface area contributed by atoms with E-state index in [4.69, 9.17) is 5.73 Å². The minimum Gasteiger partial charge on any atom is -0.349 e. The average molecular weight is 252 g/mol. The summed E-state index contributed by atoms with van der Waals surface area (Å²) in [5.74, 6) is 1.45. The largest absolute Gasteiger partial charge is 0.349 e. The van der Waals surface area contributed by atoms with Gasteiger partial charge in [-0.1, -0.05) is 19.8 Å². The molecule has 0 aliphatic carbocycles. The molecule has 0 aliphatic rings. The fourth-order valence-electron chi connectivity index (χ4n) is 2.08. The topological polar surface area (TPSA) is 83.8 Å². The normalized spacial score (nSPS) is 12.3.